The van der Waals surface area contributed by atoms with Gasteiger partial charge < -0.3 is 14.6 Å². The first-order valence-electron chi connectivity index (χ1n) is 7.75. The number of methoxy groups -OCH3 is 1. The third-order valence-corrected chi connectivity index (χ3v) is 4.44. The quantitative estimate of drug-likeness (QED) is 0.917. The molecule has 1 amide bonds. The highest BCUT2D eigenvalue weighted by atomic mass is 35.5. The Labute approximate surface area is 144 Å². The number of hydrogen-bond donors (Lipinski definition) is 1. The largest absolute Gasteiger partial charge is 0.377 e. The first-order chi connectivity index (χ1) is 11.6. The van der Waals surface area contributed by atoms with Gasteiger partial charge in [-0.15, -0.1) is 10.2 Å². The number of nitrogens with zero attached hydrogens (tertiary/aromatic N) is 3. The zero-order valence-corrected chi connectivity index (χ0v) is 14.0. The zero-order chi connectivity index (χ0) is 17.1. The number of ether oxygens (including phenoxy) is 1. The van der Waals surface area contributed by atoms with Crippen molar-refractivity contribution < 1.29 is 13.9 Å². The predicted molar refractivity (Wildman–Crippen MR) is 86.3 cm³/mol. The van der Waals surface area contributed by atoms with Crippen LogP contribution in [-0.4, -0.2) is 33.8 Å². The lowest BCUT2D eigenvalue weighted by atomic mass is 10.1. The van der Waals surface area contributed by atoms with Crippen LogP contribution < -0.4 is 5.32 Å². The number of halogens is 2. The number of hydrogen-bond acceptors (Lipinski definition) is 4. The number of carbonyl (C=O) groups excluding carboxylic acids is 1. The first kappa shape index (κ1) is 16.9. The molecule has 2 heterocycles. The Kier molecular flexibility index (Phi) is 5.11. The molecule has 0 spiro atoms. The van der Waals surface area contributed by atoms with Crippen molar-refractivity contribution in [3.63, 3.8) is 0 Å². The maximum atomic E-state index is 13.9. The second-order valence-corrected chi connectivity index (χ2v) is 6.12. The molecule has 0 saturated carbocycles. The molecule has 1 atom stereocenters. The van der Waals surface area contributed by atoms with Crippen LogP contribution in [0.25, 0.3) is 0 Å². The van der Waals surface area contributed by atoms with Crippen molar-refractivity contribution in [2.45, 2.75) is 38.5 Å². The van der Waals surface area contributed by atoms with Gasteiger partial charge in [0.25, 0.3) is 5.91 Å². The predicted octanol–water partition coefficient (Wildman–Crippen LogP) is 2.35. The Morgan fingerprint density at radius 3 is 3.04 bits per heavy atom. The van der Waals surface area contributed by atoms with Crippen LogP contribution >= 0.6 is 11.6 Å². The molecule has 128 valence electrons. The highest BCUT2D eigenvalue weighted by Gasteiger charge is 2.23. The third kappa shape index (κ3) is 3.42. The van der Waals surface area contributed by atoms with Gasteiger partial charge in [-0.3, -0.25) is 4.79 Å². The van der Waals surface area contributed by atoms with Crippen LogP contribution in [-0.2, 0) is 24.3 Å². The second kappa shape index (κ2) is 7.27. The Hall–Kier alpha value is -1.99. The van der Waals surface area contributed by atoms with Gasteiger partial charge in [-0.25, -0.2) is 4.39 Å². The lowest BCUT2D eigenvalue weighted by Crippen LogP contribution is -2.35. The Morgan fingerprint density at radius 2 is 2.29 bits per heavy atom. The number of nitrogens with one attached hydrogen (secondary N) is 1. The first-order valence-corrected chi connectivity index (χ1v) is 8.12. The van der Waals surface area contributed by atoms with E-state index in [1.807, 2.05) is 4.57 Å². The monoisotopic (exact) mass is 352 g/mol. The number of aromatic nitrogens is 3. The van der Waals surface area contributed by atoms with Gasteiger partial charge in [0.05, 0.1) is 10.6 Å². The van der Waals surface area contributed by atoms with E-state index >= 15 is 0 Å². The van der Waals surface area contributed by atoms with Crippen molar-refractivity contribution in [3.8, 4) is 0 Å². The SMILES string of the molecule is COCc1nnc2n1CCC(NC(=O)c1c(F)cccc1Cl)CC2. The van der Waals surface area contributed by atoms with Gasteiger partial charge in [-0.2, -0.15) is 0 Å². The minimum atomic E-state index is -0.617. The van der Waals surface area contributed by atoms with Crippen LogP contribution in [0.4, 0.5) is 4.39 Å². The van der Waals surface area contributed by atoms with E-state index in [4.69, 9.17) is 16.3 Å². The summed E-state index contributed by atoms with van der Waals surface area (Å²) in [6, 6.07) is 4.13. The molecule has 0 fully saturated rings. The highest BCUT2D eigenvalue weighted by molar-refractivity contribution is 6.33. The van der Waals surface area contributed by atoms with Crippen molar-refractivity contribution in [3.05, 3.63) is 46.3 Å². The van der Waals surface area contributed by atoms with Gasteiger partial charge in [-0.1, -0.05) is 17.7 Å². The average Bonchev–Trinajstić information content (AvgIpc) is 2.80. The van der Waals surface area contributed by atoms with E-state index in [0.717, 1.165) is 11.6 Å². The smallest absolute Gasteiger partial charge is 0.255 e. The molecule has 6 nitrogen and oxygen atoms in total. The summed E-state index contributed by atoms with van der Waals surface area (Å²) in [5, 5.41) is 11.3. The number of aryl methyl sites for hydroxylation is 1. The fraction of sp³-hybridized carbons (Fsp3) is 0.438. The van der Waals surface area contributed by atoms with Crippen molar-refractivity contribution in [1.29, 1.82) is 0 Å². The van der Waals surface area contributed by atoms with Crippen molar-refractivity contribution in [2.75, 3.05) is 7.11 Å². The molecule has 0 aliphatic carbocycles. The molecular formula is C16H18ClFN4O2. The molecular weight excluding hydrogens is 335 g/mol. The molecule has 1 aliphatic rings. The van der Waals surface area contributed by atoms with E-state index in [9.17, 15) is 9.18 Å². The Morgan fingerprint density at radius 1 is 1.46 bits per heavy atom. The van der Waals surface area contributed by atoms with Gasteiger partial charge in [0, 0.05) is 26.1 Å². The van der Waals surface area contributed by atoms with E-state index in [0.29, 0.717) is 32.4 Å². The van der Waals surface area contributed by atoms with Gasteiger partial charge in [-0.05, 0) is 25.0 Å². The second-order valence-electron chi connectivity index (χ2n) is 5.71. The zero-order valence-electron chi connectivity index (χ0n) is 13.3. The average molecular weight is 353 g/mol. The third-order valence-electron chi connectivity index (χ3n) is 4.12. The maximum Gasteiger partial charge on any atom is 0.255 e. The summed E-state index contributed by atoms with van der Waals surface area (Å²) < 4.78 is 21.0. The molecule has 0 saturated heterocycles. The molecule has 8 heteroatoms. The summed E-state index contributed by atoms with van der Waals surface area (Å²) in [7, 11) is 1.61. The van der Waals surface area contributed by atoms with E-state index in [-0.39, 0.29) is 16.6 Å². The van der Waals surface area contributed by atoms with E-state index in [2.05, 4.69) is 15.5 Å². The standard InChI is InChI=1S/C16H18ClFN4O2/c1-24-9-14-21-20-13-6-5-10(7-8-22(13)14)19-16(23)15-11(17)3-2-4-12(15)18/h2-4,10H,5-9H2,1H3,(H,19,23). The lowest BCUT2D eigenvalue weighted by Gasteiger charge is -2.17. The molecule has 2 aromatic rings. The Bertz CT molecular complexity index is 729. The molecule has 0 radical (unpaired) electrons. The minimum Gasteiger partial charge on any atom is -0.377 e. The molecule has 0 bridgehead atoms. The van der Waals surface area contributed by atoms with Crippen LogP contribution in [0.1, 0.15) is 34.8 Å². The number of rotatable bonds is 4. The Balaban J connectivity index is 1.69. The van der Waals surface area contributed by atoms with Crippen LogP contribution in [0.3, 0.4) is 0 Å². The molecule has 3 rings (SSSR count). The molecule has 1 aromatic carbocycles. The van der Waals surface area contributed by atoms with E-state index < -0.39 is 11.7 Å². The van der Waals surface area contributed by atoms with Gasteiger partial charge in [0.2, 0.25) is 0 Å². The number of fused-ring (bicyclic) bond motifs is 1. The summed E-state index contributed by atoms with van der Waals surface area (Å²) in [4.78, 5) is 12.4. The normalized spacial score (nSPS) is 17.2. The van der Waals surface area contributed by atoms with E-state index in [1.54, 1.807) is 7.11 Å². The summed E-state index contributed by atoms with van der Waals surface area (Å²) in [6.07, 6.45) is 2.11. The molecule has 1 unspecified atom stereocenters. The van der Waals surface area contributed by atoms with Crippen LogP contribution in [0.5, 0.6) is 0 Å². The summed E-state index contributed by atoms with van der Waals surface area (Å²) in [6.45, 7) is 1.08. The molecule has 1 aliphatic heterocycles. The van der Waals surface area contributed by atoms with Crippen LogP contribution in [0.2, 0.25) is 5.02 Å². The number of carbonyl (C=O) groups is 1. The van der Waals surface area contributed by atoms with E-state index in [1.165, 1.54) is 18.2 Å². The molecule has 24 heavy (non-hydrogen) atoms. The van der Waals surface area contributed by atoms with Crippen molar-refractivity contribution in [2.24, 2.45) is 0 Å². The maximum absolute atomic E-state index is 13.9. The van der Waals surface area contributed by atoms with Crippen LogP contribution in [0.15, 0.2) is 18.2 Å². The number of benzene rings is 1. The van der Waals surface area contributed by atoms with Gasteiger partial charge >= 0.3 is 0 Å². The van der Waals surface area contributed by atoms with Gasteiger partial charge in [0.15, 0.2) is 5.82 Å². The van der Waals surface area contributed by atoms with Crippen molar-refractivity contribution in [1.82, 2.24) is 20.1 Å². The van der Waals surface area contributed by atoms with Crippen molar-refractivity contribution >= 4 is 17.5 Å². The van der Waals surface area contributed by atoms with Crippen LogP contribution in [0, 0.1) is 5.82 Å². The lowest BCUT2D eigenvalue weighted by molar-refractivity contribution is 0.0929. The molecule has 1 N–H and O–H groups in total. The summed E-state index contributed by atoms with van der Waals surface area (Å²) in [5.74, 6) is 0.547. The number of amides is 1. The van der Waals surface area contributed by atoms with Gasteiger partial charge in [0.1, 0.15) is 18.2 Å². The fourth-order valence-electron chi connectivity index (χ4n) is 2.90. The minimum absolute atomic E-state index is 0.0785. The summed E-state index contributed by atoms with van der Waals surface area (Å²) >= 11 is 5.95. The summed E-state index contributed by atoms with van der Waals surface area (Å²) in [5.41, 5.74) is -0.108. The highest BCUT2D eigenvalue weighted by Crippen LogP contribution is 2.20. The fourth-order valence-corrected chi connectivity index (χ4v) is 3.15. The molecule has 1 aromatic heterocycles. The topological polar surface area (TPSA) is 69.0 Å².